The number of carboxylic acid groups (broad SMARTS) is 1. The lowest BCUT2D eigenvalue weighted by molar-refractivity contribution is 0.0656. The van der Waals surface area contributed by atoms with E-state index in [1.54, 1.807) is 7.05 Å². The molecule has 1 saturated heterocycles. The van der Waals surface area contributed by atoms with E-state index in [0.717, 1.165) is 25.9 Å². The molecule has 5 nitrogen and oxygen atoms in total. The van der Waals surface area contributed by atoms with Crippen LogP contribution in [0, 0.1) is 11.6 Å². The average Bonchev–Trinajstić information content (AvgIpc) is 2.48. The lowest BCUT2D eigenvalue weighted by atomic mass is 10.0. The highest BCUT2D eigenvalue weighted by molar-refractivity contribution is 6.04. The van der Waals surface area contributed by atoms with Crippen LogP contribution >= 0.6 is 0 Å². The fourth-order valence-electron chi connectivity index (χ4n) is 2.45. The molecule has 0 aromatic heterocycles. The van der Waals surface area contributed by atoms with Crippen molar-refractivity contribution >= 4 is 11.9 Å². The SMILES string of the molecule is CN(C(=O)c1cc(F)c(F)cc1C(=O)O)C1CCNCC1. The quantitative estimate of drug-likeness (QED) is 0.887. The zero-order valence-corrected chi connectivity index (χ0v) is 11.5. The van der Waals surface area contributed by atoms with Crippen molar-refractivity contribution in [3.05, 3.63) is 34.9 Å². The van der Waals surface area contributed by atoms with Crippen LogP contribution in [0.1, 0.15) is 33.6 Å². The highest BCUT2D eigenvalue weighted by Crippen LogP contribution is 2.20. The summed E-state index contributed by atoms with van der Waals surface area (Å²) in [5.41, 5.74) is -0.859. The Balaban J connectivity index is 2.33. The molecular weight excluding hydrogens is 282 g/mol. The first-order valence-electron chi connectivity index (χ1n) is 6.62. The molecule has 0 bridgehead atoms. The Morgan fingerprint density at radius 3 is 2.24 bits per heavy atom. The van der Waals surface area contributed by atoms with Gasteiger partial charge in [-0.05, 0) is 38.1 Å². The highest BCUT2D eigenvalue weighted by atomic mass is 19.2. The number of nitrogens with one attached hydrogen (secondary N) is 1. The third-order valence-corrected chi connectivity index (χ3v) is 3.70. The molecule has 1 amide bonds. The van der Waals surface area contributed by atoms with Crippen molar-refractivity contribution < 1.29 is 23.5 Å². The van der Waals surface area contributed by atoms with Crippen LogP contribution in [0.4, 0.5) is 8.78 Å². The van der Waals surface area contributed by atoms with Gasteiger partial charge in [0.15, 0.2) is 11.6 Å². The number of halogens is 2. The van der Waals surface area contributed by atoms with Crippen LogP contribution in [0.2, 0.25) is 0 Å². The second-order valence-electron chi connectivity index (χ2n) is 5.01. The minimum absolute atomic E-state index is 0.0477. The molecule has 1 aliphatic heterocycles. The van der Waals surface area contributed by atoms with Crippen molar-refractivity contribution in [2.75, 3.05) is 20.1 Å². The zero-order chi connectivity index (χ0) is 15.6. The van der Waals surface area contributed by atoms with Crippen molar-refractivity contribution in [3.63, 3.8) is 0 Å². The van der Waals surface area contributed by atoms with Crippen LogP contribution in [-0.4, -0.2) is 48.1 Å². The van der Waals surface area contributed by atoms with E-state index in [0.29, 0.717) is 12.1 Å². The van der Waals surface area contributed by atoms with Crippen molar-refractivity contribution in [1.29, 1.82) is 0 Å². The summed E-state index contributed by atoms with van der Waals surface area (Å²) < 4.78 is 26.5. The van der Waals surface area contributed by atoms with Crippen LogP contribution in [-0.2, 0) is 0 Å². The molecule has 0 aliphatic carbocycles. The number of carboxylic acids is 1. The van der Waals surface area contributed by atoms with Gasteiger partial charge in [-0.3, -0.25) is 4.79 Å². The van der Waals surface area contributed by atoms with Crippen LogP contribution < -0.4 is 5.32 Å². The Morgan fingerprint density at radius 1 is 1.19 bits per heavy atom. The number of carbonyl (C=O) groups excluding carboxylic acids is 1. The minimum Gasteiger partial charge on any atom is -0.478 e. The molecule has 0 radical (unpaired) electrons. The first-order chi connectivity index (χ1) is 9.91. The molecule has 2 rings (SSSR count). The Kier molecular flexibility index (Phi) is 4.52. The molecule has 0 unspecified atom stereocenters. The van der Waals surface area contributed by atoms with Crippen molar-refractivity contribution in [2.45, 2.75) is 18.9 Å². The number of benzene rings is 1. The molecule has 21 heavy (non-hydrogen) atoms. The number of hydrogen-bond acceptors (Lipinski definition) is 3. The van der Waals surface area contributed by atoms with E-state index in [9.17, 15) is 18.4 Å². The van der Waals surface area contributed by atoms with Gasteiger partial charge in [0, 0.05) is 13.1 Å². The Bertz CT molecular complexity index is 572. The third-order valence-electron chi connectivity index (χ3n) is 3.70. The van der Waals surface area contributed by atoms with Crippen LogP contribution in [0.15, 0.2) is 12.1 Å². The Hall–Kier alpha value is -2.02. The summed E-state index contributed by atoms with van der Waals surface area (Å²) >= 11 is 0. The van der Waals surface area contributed by atoms with Gasteiger partial charge in [0.05, 0.1) is 11.1 Å². The summed E-state index contributed by atoms with van der Waals surface area (Å²) in [5, 5.41) is 12.2. The fourth-order valence-corrected chi connectivity index (χ4v) is 2.45. The number of rotatable bonds is 3. The molecule has 1 heterocycles. The summed E-state index contributed by atoms with van der Waals surface area (Å²) in [6.45, 7) is 1.51. The van der Waals surface area contributed by atoms with Gasteiger partial charge in [-0.1, -0.05) is 0 Å². The molecule has 2 N–H and O–H groups in total. The van der Waals surface area contributed by atoms with Gasteiger partial charge >= 0.3 is 5.97 Å². The van der Waals surface area contributed by atoms with Gasteiger partial charge in [-0.25, -0.2) is 13.6 Å². The van der Waals surface area contributed by atoms with E-state index in [-0.39, 0.29) is 11.6 Å². The molecule has 7 heteroatoms. The van der Waals surface area contributed by atoms with Gasteiger partial charge in [0.1, 0.15) is 0 Å². The average molecular weight is 298 g/mol. The number of amides is 1. The van der Waals surface area contributed by atoms with E-state index in [1.165, 1.54) is 4.90 Å². The van der Waals surface area contributed by atoms with Crippen LogP contribution in [0.25, 0.3) is 0 Å². The summed E-state index contributed by atoms with van der Waals surface area (Å²) in [6, 6.07) is 1.15. The topological polar surface area (TPSA) is 69.6 Å². The standard InChI is InChI=1S/C14H16F2N2O3/c1-18(8-2-4-17-5-3-8)13(19)9-6-11(15)12(16)7-10(9)14(20)21/h6-8,17H,2-5H2,1H3,(H,20,21). The largest absolute Gasteiger partial charge is 0.478 e. The maximum absolute atomic E-state index is 13.3. The molecular formula is C14H16F2N2O3. The van der Waals surface area contributed by atoms with Gasteiger partial charge in [0.25, 0.3) is 5.91 Å². The number of hydrogen-bond donors (Lipinski definition) is 2. The van der Waals surface area contributed by atoms with Crippen LogP contribution in [0.3, 0.4) is 0 Å². The fraction of sp³-hybridized carbons (Fsp3) is 0.429. The number of carbonyl (C=O) groups is 2. The number of aromatic carboxylic acids is 1. The number of piperidine rings is 1. The minimum atomic E-state index is -1.46. The molecule has 114 valence electrons. The summed E-state index contributed by atoms with van der Waals surface area (Å²) in [4.78, 5) is 24.9. The van der Waals surface area contributed by atoms with Crippen molar-refractivity contribution in [1.82, 2.24) is 10.2 Å². The second kappa shape index (κ2) is 6.17. The number of nitrogens with zero attached hydrogens (tertiary/aromatic N) is 1. The molecule has 0 saturated carbocycles. The van der Waals surface area contributed by atoms with Gasteiger partial charge in [0.2, 0.25) is 0 Å². The molecule has 0 spiro atoms. The molecule has 1 aliphatic rings. The highest BCUT2D eigenvalue weighted by Gasteiger charge is 2.27. The molecule has 1 aromatic rings. The summed E-state index contributed by atoms with van der Waals surface area (Å²) in [5.74, 6) is -4.59. The lowest BCUT2D eigenvalue weighted by Crippen LogP contribution is -2.44. The first kappa shape index (κ1) is 15.4. The summed E-state index contributed by atoms with van der Waals surface area (Å²) in [6.07, 6.45) is 1.46. The van der Waals surface area contributed by atoms with Crippen molar-refractivity contribution in [3.8, 4) is 0 Å². The Labute approximate surface area is 120 Å². The smallest absolute Gasteiger partial charge is 0.336 e. The predicted molar refractivity (Wildman–Crippen MR) is 71.3 cm³/mol. The van der Waals surface area contributed by atoms with E-state index < -0.39 is 29.1 Å². The predicted octanol–water partition coefficient (Wildman–Crippen LogP) is 1.49. The molecule has 1 fully saturated rings. The lowest BCUT2D eigenvalue weighted by Gasteiger charge is -2.32. The van der Waals surface area contributed by atoms with Crippen LogP contribution in [0.5, 0.6) is 0 Å². The Morgan fingerprint density at radius 2 is 1.71 bits per heavy atom. The van der Waals surface area contributed by atoms with E-state index >= 15 is 0 Å². The zero-order valence-electron chi connectivity index (χ0n) is 11.5. The second-order valence-corrected chi connectivity index (χ2v) is 5.01. The third kappa shape index (κ3) is 3.18. The van der Waals surface area contributed by atoms with E-state index in [4.69, 9.17) is 5.11 Å². The maximum Gasteiger partial charge on any atom is 0.336 e. The molecule has 0 atom stereocenters. The maximum atomic E-state index is 13.3. The normalized spacial score (nSPS) is 15.8. The first-order valence-corrected chi connectivity index (χ1v) is 6.62. The van der Waals surface area contributed by atoms with Gasteiger partial charge in [-0.2, -0.15) is 0 Å². The van der Waals surface area contributed by atoms with Crippen molar-refractivity contribution in [2.24, 2.45) is 0 Å². The van der Waals surface area contributed by atoms with Gasteiger partial charge in [-0.15, -0.1) is 0 Å². The summed E-state index contributed by atoms with van der Waals surface area (Å²) in [7, 11) is 1.55. The monoisotopic (exact) mass is 298 g/mol. The van der Waals surface area contributed by atoms with Gasteiger partial charge < -0.3 is 15.3 Å². The van der Waals surface area contributed by atoms with E-state index in [1.807, 2.05) is 0 Å². The molecule has 1 aromatic carbocycles. The van der Waals surface area contributed by atoms with E-state index in [2.05, 4.69) is 5.32 Å².